The minimum Gasteiger partial charge on any atom is -0.314 e. The minimum atomic E-state index is 0.840. The Morgan fingerprint density at radius 1 is 1.08 bits per heavy atom. The van der Waals surface area contributed by atoms with Crippen LogP contribution in [0.5, 0.6) is 0 Å². The smallest absolute Gasteiger partial charge is 0.00726 e. The molecule has 2 fully saturated rings. The van der Waals surface area contributed by atoms with Crippen molar-refractivity contribution in [3.63, 3.8) is 0 Å². The highest BCUT2D eigenvalue weighted by Gasteiger charge is 2.19. The van der Waals surface area contributed by atoms with E-state index in [0.717, 1.165) is 12.0 Å². The van der Waals surface area contributed by atoms with Crippen molar-refractivity contribution >= 4 is 0 Å². The van der Waals surface area contributed by atoms with Gasteiger partial charge in [0.05, 0.1) is 0 Å². The Hall–Kier alpha value is -0.0400. The van der Waals surface area contributed by atoms with Crippen LogP contribution in [0.1, 0.15) is 44.9 Å². The van der Waals surface area contributed by atoms with Gasteiger partial charge in [0.2, 0.25) is 0 Å². The first-order chi connectivity index (χ1) is 5.95. The summed E-state index contributed by atoms with van der Waals surface area (Å²) in [5.41, 5.74) is 0. The van der Waals surface area contributed by atoms with Gasteiger partial charge in [-0.25, -0.2) is 0 Å². The molecule has 2 aliphatic carbocycles. The zero-order valence-electron chi connectivity index (χ0n) is 7.89. The third-order valence-corrected chi connectivity index (χ3v) is 3.32. The van der Waals surface area contributed by atoms with Gasteiger partial charge in [0.1, 0.15) is 0 Å². The van der Waals surface area contributed by atoms with E-state index in [4.69, 9.17) is 0 Å². The molecule has 0 atom stereocenters. The van der Waals surface area contributed by atoms with E-state index in [1.807, 2.05) is 0 Å². The first-order valence-electron chi connectivity index (χ1n) is 5.50. The highest BCUT2D eigenvalue weighted by molar-refractivity contribution is 4.91. The summed E-state index contributed by atoms with van der Waals surface area (Å²) in [4.78, 5) is 0. The summed E-state index contributed by atoms with van der Waals surface area (Å²) in [7, 11) is 0. The maximum atomic E-state index is 3.66. The predicted octanol–water partition coefficient (Wildman–Crippen LogP) is 2.52. The molecule has 0 aromatic heterocycles. The van der Waals surface area contributed by atoms with Crippen molar-refractivity contribution in [3.8, 4) is 0 Å². The topological polar surface area (TPSA) is 12.0 Å². The first kappa shape index (κ1) is 8.55. The molecule has 1 N–H and O–H groups in total. The summed E-state index contributed by atoms with van der Waals surface area (Å²) in [6.45, 7) is 1.29. The summed E-state index contributed by atoms with van der Waals surface area (Å²) in [6, 6.07) is 0.840. The maximum absolute atomic E-state index is 3.66. The molecular formula is C11H20N. The highest BCUT2D eigenvalue weighted by Crippen LogP contribution is 2.24. The van der Waals surface area contributed by atoms with Gasteiger partial charge in [0.15, 0.2) is 0 Å². The van der Waals surface area contributed by atoms with Gasteiger partial charge in [0.25, 0.3) is 0 Å². The van der Waals surface area contributed by atoms with Crippen molar-refractivity contribution in [2.24, 2.45) is 5.92 Å². The molecule has 0 spiro atoms. The highest BCUT2D eigenvalue weighted by atomic mass is 14.9. The minimum absolute atomic E-state index is 0.840. The third kappa shape index (κ3) is 2.22. The van der Waals surface area contributed by atoms with E-state index >= 15 is 0 Å². The van der Waals surface area contributed by atoms with Gasteiger partial charge in [-0.15, -0.1) is 0 Å². The van der Waals surface area contributed by atoms with E-state index in [9.17, 15) is 0 Å². The average molecular weight is 166 g/mol. The molecule has 0 bridgehead atoms. The summed E-state index contributed by atoms with van der Waals surface area (Å²) >= 11 is 0. The summed E-state index contributed by atoms with van der Waals surface area (Å²) in [6.07, 6.45) is 12.4. The fraction of sp³-hybridized carbons (Fsp3) is 0.909. The molecule has 1 heteroatoms. The van der Waals surface area contributed by atoms with Crippen molar-refractivity contribution < 1.29 is 0 Å². The molecule has 0 saturated heterocycles. The molecule has 0 heterocycles. The predicted molar refractivity (Wildman–Crippen MR) is 51.9 cm³/mol. The van der Waals surface area contributed by atoms with Gasteiger partial charge in [-0.1, -0.05) is 19.3 Å². The zero-order valence-corrected chi connectivity index (χ0v) is 7.89. The fourth-order valence-corrected chi connectivity index (χ4v) is 2.22. The van der Waals surface area contributed by atoms with E-state index in [0.29, 0.717) is 0 Å². The molecule has 2 saturated carbocycles. The Labute approximate surface area is 75.9 Å². The second-order valence-corrected chi connectivity index (χ2v) is 4.37. The Morgan fingerprint density at radius 2 is 1.83 bits per heavy atom. The van der Waals surface area contributed by atoms with Crippen molar-refractivity contribution in [2.75, 3.05) is 6.54 Å². The van der Waals surface area contributed by atoms with Gasteiger partial charge in [0, 0.05) is 6.04 Å². The number of hydrogen-bond donors (Lipinski definition) is 1. The second-order valence-electron chi connectivity index (χ2n) is 4.37. The summed E-state index contributed by atoms with van der Waals surface area (Å²) in [5, 5.41) is 3.66. The van der Waals surface area contributed by atoms with Crippen LogP contribution in [0.3, 0.4) is 0 Å². The van der Waals surface area contributed by atoms with Gasteiger partial charge < -0.3 is 5.32 Å². The van der Waals surface area contributed by atoms with Crippen LogP contribution < -0.4 is 5.32 Å². The molecule has 0 unspecified atom stereocenters. The van der Waals surface area contributed by atoms with Crippen molar-refractivity contribution in [2.45, 2.75) is 51.0 Å². The van der Waals surface area contributed by atoms with Crippen LogP contribution in [0.25, 0.3) is 0 Å². The van der Waals surface area contributed by atoms with E-state index in [1.54, 1.807) is 0 Å². The lowest BCUT2D eigenvalue weighted by atomic mass is 9.87. The third-order valence-electron chi connectivity index (χ3n) is 3.32. The number of nitrogens with one attached hydrogen (secondary N) is 1. The molecule has 69 valence electrons. The van der Waals surface area contributed by atoms with E-state index in [1.165, 1.54) is 51.5 Å². The van der Waals surface area contributed by atoms with Crippen LogP contribution in [-0.4, -0.2) is 12.6 Å². The molecule has 2 rings (SSSR count). The average Bonchev–Trinajstić information content (AvgIpc) is 2.04. The zero-order chi connectivity index (χ0) is 8.23. The standard InChI is InChI=1S/C11H20N/c1-2-5-10(6-3-1)9-12-11-7-4-8-11/h4,10-12H,1-3,5-9H2. The van der Waals surface area contributed by atoms with E-state index in [2.05, 4.69) is 11.7 Å². The molecule has 12 heavy (non-hydrogen) atoms. The maximum Gasteiger partial charge on any atom is 0.00726 e. The molecule has 0 aromatic carbocycles. The van der Waals surface area contributed by atoms with Crippen LogP contribution in [0.15, 0.2) is 0 Å². The largest absolute Gasteiger partial charge is 0.314 e. The van der Waals surface area contributed by atoms with Gasteiger partial charge >= 0.3 is 0 Å². The molecule has 1 nitrogen and oxygen atoms in total. The number of rotatable bonds is 3. The molecule has 0 amide bonds. The van der Waals surface area contributed by atoms with E-state index in [-0.39, 0.29) is 0 Å². The Balaban J connectivity index is 1.58. The first-order valence-corrected chi connectivity index (χ1v) is 5.50. The lowest BCUT2D eigenvalue weighted by Gasteiger charge is -2.30. The SMILES string of the molecule is [CH]1CC(NCC2CCCCC2)C1. The summed E-state index contributed by atoms with van der Waals surface area (Å²) in [5.74, 6) is 0.999. The van der Waals surface area contributed by atoms with Crippen LogP contribution in [0.2, 0.25) is 0 Å². The molecule has 0 aromatic rings. The van der Waals surface area contributed by atoms with Gasteiger partial charge in [-0.3, -0.25) is 0 Å². The van der Waals surface area contributed by atoms with Gasteiger partial charge in [-0.2, -0.15) is 0 Å². The van der Waals surface area contributed by atoms with Crippen molar-refractivity contribution in [1.29, 1.82) is 0 Å². The Morgan fingerprint density at radius 3 is 2.42 bits per heavy atom. The lowest BCUT2D eigenvalue weighted by molar-refractivity contribution is 0.309. The fourth-order valence-electron chi connectivity index (χ4n) is 2.22. The van der Waals surface area contributed by atoms with Crippen molar-refractivity contribution in [1.82, 2.24) is 5.32 Å². The molecule has 1 radical (unpaired) electrons. The monoisotopic (exact) mass is 166 g/mol. The lowest BCUT2D eigenvalue weighted by Crippen LogP contribution is -2.38. The van der Waals surface area contributed by atoms with Crippen LogP contribution in [0, 0.1) is 12.3 Å². The van der Waals surface area contributed by atoms with Crippen LogP contribution in [0.4, 0.5) is 0 Å². The number of hydrogen-bond acceptors (Lipinski definition) is 1. The normalized spacial score (nSPS) is 27.0. The van der Waals surface area contributed by atoms with Crippen molar-refractivity contribution in [3.05, 3.63) is 6.42 Å². The Bertz CT molecular complexity index is 123. The second kappa shape index (κ2) is 4.27. The van der Waals surface area contributed by atoms with Crippen LogP contribution in [-0.2, 0) is 0 Å². The molecular weight excluding hydrogens is 146 g/mol. The van der Waals surface area contributed by atoms with Crippen LogP contribution >= 0.6 is 0 Å². The molecule has 0 aliphatic heterocycles. The Kier molecular flexibility index (Phi) is 3.04. The summed E-state index contributed by atoms with van der Waals surface area (Å²) < 4.78 is 0. The molecule has 2 aliphatic rings. The van der Waals surface area contributed by atoms with E-state index < -0.39 is 0 Å². The quantitative estimate of drug-likeness (QED) is 0.679. The van der Waals surface area contributed by atoms with Gasteiger partial charge in [-0.05, 0) is 44.6 Å².